The van der Waals surface area contributed by atoms with Crippen LogP contribution >= 0.6 is 23.4 Å². The van der Waals surface area contributed by atoms with Gasteiger partial charge in [-0.2, -0.15) is 0 Å². The molecule has 0 spiro atoms. The third-order valence-corrected chi connectivity index (χ3v) is 3.86. The molecule has 0 saturated heterocycles. The Morgan fingerprint density at radius 2 is 1.83 bits per heavy atom. The maximum Gasteiger partial charge on any atom is 0.249 e. The highest BCUT2D eigenvalue weighted by atomic mass is 35.5. The van der Waals surface area contributed by atoms with Crippen LogP contribution in [0, 0.1) is 0 Å². The van der Waals surface area contributed by atoms with Gasteiger partial charge in [0.2, 0.25) is 5.91 Å². The van der Waals surface area contributed by atoms with Gasteiger partial charge in [-0.25, -0.2) is 0 Å². The van der Waals surface area contributed by atoms with Crippen molar-refractivity contribution in [3.8, 4) is 0 Å². The zero-order valence-corrected chi connectivity index (χ0v) is 11.0. The Kier molecular flexibility index (Phi) is 3.79. The van der Waals surface area contributed by atoms with Gasteiger partial charge in [0.1, 0.15) is 0 Å². The first-order valence-corrected chi connectivity index (χ1v) is 6.39. The maximum absolute atomic E-state index is 11.4. The van der Waals surface area contributed by atoms with Crippen molar-refractivity contribution in [3.63, 3.8) is 0 Å². The third-order valence-electron chi connectivity index (χ3n) is 2.29. The predicted octanol–water partition coefficient (Wildman–Crippen LogP) is 3.17. The van der Waals surface area contributed by atoms with Crippen LogP contribution in [-0.2, 0) is 0 Å². The van der Waals surface area contributed by atoms with Gasteiger partial charge in [0, 0.05) is 15.5 Å². The molecule has 0 aliphatic carbocycles. The largest absolute Gasteiger partial charge is 0.399 e. The molecule has 0 atom stereocenters. The second-order valence-corrected chi connectivity index (χ2v) is 5.15. The Morgan fingerprint density at radius 3 is 2.44 bits per heavy atom. The Balaban J connectivity index is 2.47. The smallest absolute Gasteiger partial charge is 0.249 e. The molecule has 5 heteroatoms. The maximum atomic E-state index is 11.4. The molecule has 0 fully saturated rings. The average molecular weight is 279 g/mol. The van der Waals surface area contributed by atoms with E-state index in [2.05, 4.69) is 0 Å². The zero-order valence-electron chi connectivity index (χ0n) is 9.39. The number of hydrogen-bond donors (Lipinski definition) is 2. The topological polar surface area (TPSA) is 69.1 Å². The minimum absolute atomic E-state index is 0.342. The molecule has 0 bridgehead atoms. The number of nitrogen functional groups attached to an aromatic ring is 1. The van der Waals surface area contributed by atoms with Crippen LogP contribution in [0.25, 0.3) is 0 Å². The van der Waals surface area contributed by atoms with Gasteiger partial charge in [0.25, 0.3) is 0 Å². The van der Waals surface area contributed by atoms with E-state index in [1.807, 2.05) is 30.3 Å². The molecule has 2 aromatic rings. The summed E-state index contributed by atoms with van der Waals surface area (Å²) in [5.74, 6) is -0.539. The van der Waals surface area contributed by atoms with Crippen molar-refractivity contribution in [3.05, 3.63) is 53.1 Å². The lowest BCUT2D eigenvalue weighted by Crippen LogP contribution is -2.13. The summed E-state index contributed by atoms with van der Waals surface area (Å²) in [5.41, 5.74) is 11.8. The van der Waals surface area contributed by atoms with Crippen LogP contribution in [0.3, 0.4) is 0 Å². The first-order valence-electron chi connectivity index (χ1n) is 5.19. The van der Waals surface area contributed by atoms with Gasteiger partial charge in [-0.1, -0.05) is 41.6 Å². The number of halogens is 1. The van der Waals surface area contributed by atoms with Gasteiger partial charge < -0.3 is 11.5 Å². The summed E-state index contributed by atoms with van der Waals surface area (Å²) in [6.45, 7) is 0. The highest BCUT2D eigenvalue weighted by Crippen LogP contribution is 2.37. The number of rotatable bonds is 3. The van der Waals surface area contributed by atoms with Crippen molar-refractivity contribution in [1.82, 2.24) is 0 Å². The summed E-state index contributed by atoms with van der Waals surface area (Å²) in [6.07, 6.45) is 0. The van der Waals surface area contributed by atoms with Crippen LogP contribution in [-0.4, -0.2) is 5.91 Å². The summed E-state index contributed by atoms with van der Waals surface area (Å²) >= 11 is 7.51. The van der Waals surface area contributed by atoms with E-state index in [1.165, 1.54) is 11.8 Å². The Bertz CT molecular complexity index is 587. The molecular formula is C13H11ClN2OS. The fraction of sp³-hybridized carbons (Fsp3) is 0. The Hall–Kier alpha value is -1.65. The van der Waals surface area contributed by atoms with Crippen molar-refractivity contribution >= 4 is 35.0 Å². The van der Waals surface area contributed by atoms with Crippen molar-refractivity contribution < 1.29 is 4.79 Å². The lowest BCUT2D eigenvalue weighted by molar-refractivity contribution is 0.0997. The lowest BCUT2D eigenvalue weighted by atomic mass is 10.2. The number of nitrogens with two attached hydrogens (primary N) is 2. The van der Waals surface area contributed by atoms with Gasteiger partial charge in [0.15, 0.2) is 0 Å². The minimum atomic E-state index is -0.539. The van der Waals surface area contributed by atoms with Crippen molar-refractivity contribution in [1.29, 1.82) is 0 Å². The monoisotopic (exact) mass is 278 g/mol. The number of primary amides is 1. The van der Waals surface area contributed by atoms with Crippen molar-refractivity contribution in [2.24, 2.45) is 5.73 Å². The Morgan fingerprint density at radius 1 is 1.17 bits per heavy atom. The van der Waals surface area contributed by atoms with E-state index in [4.69, 9.17) is 23.1 Å². The summed E-state index contributed by atoms with van der Waals surface area (Å²) in [4.78, 5) is 13.0. The summed E-state index contributed by atoms with van der Waals surface area (Å²) in [6, 6.07) is 12.8. The van der Waals surface area contributed by atoms with E-state index < -0.39 is 5.91 Å². The predicted molar refractivity (Wildman–Crippen MR) is 74.9 cm³/mol. The molecule has 92 valence electrons. The molecule has 0 heterocycles. The van der Waals surface area contributed by atoms with E-state index in [9.17, 15) is 4.79 Å². The van der Waals surface area contributed by atoms with E-state index in [0.717, 1.165) is 4.90 Å². The van der Waals surface area contributed by atoms with Crippen LogP contribution in [0.2, 0.25) is 5.02 Å². The molecule has 0 aliphatic heterocycles. The van der Waals surface area contributed by atoms with Crippen LogP contribution in [0.5, 0.6) is 0 Å². The molecular weight excluding hydrogens is 268 g/mol. The molecule has 0 radical (unpaired) electrons. The molecule has 4 N–H and O–H groups in total. The second-order valence-electron chi connectivity index (χ2n) is 3.66. The fourth-order valence-corrected chi connectivity index (χ4v) is 2.81. The molecule has 2 rings (SSSR count). The normalized spacial score (nSPS) is 10.3. The number of amides is 1. The molecule has 0 aromatic heterocycles. The van der Waals surface area contributed by atoms with Gasteiger partial charge in [-0.05, 0) is 24.3 Å². The molecule has 0 aliphatic rings. The van der Waals surface area contributed by atoms with Gasteiger partial charge >= 0.3 is 0 Å². The number of carbonyl (C=O) groups excluding carboxylic acids is 1. The van der Waals surface area contributed by atoms with E-state index >= 15 is 0 Å². The van der Waals surface area contributed by atoms with Crippen LogP contribution in [0.4, 0.5) is 5.69 Å². The molecule has 1 amide bonds. The van der Waals surface area contributed by atoms with Crippen LogP contribution < -0.4 is 11.5 Å². The number of benzene rings is 2. The zero-order chi connectivity index (χ0) is 13.1. The van der Waals surface area contributed by atoms with Crippen LogP contribution in [0.1, 0.15) is 10.4 Å². The number of carbonyl (C=O) groups is 1. The van der Waals surface area contributed by atoms with Crippen LogP contribution in [0.15, 0.2) is 52.3 Å². The minimum Gasteiger partial charge on any atom is -0.399 e. The molecule has 3 nitrogen and oxygen atoms in total. The van der Waals surface area contributed by atoms with Gasteiger partial charge in [-0.15, -0.1) is 0 Å². The van der Waals surface area contributed by atoms with E-state index in [0.29, 0.717) is 21.2 Å². The summed E-state index contributed by atoms with van der Waals surface area (Å²) < 4.78 is 0. The molecule has 2 aromatic carbocycles. The molecule has 0 unspecified atom stereocenters. The molecule has 0 saturated carbocycles. The van der Waals surface area contributed by atoms with Gasteiger partial charge in [-0.3, -0.25) is 4.79 Å². The quantitative estimate of drug-likeness (QED) is 0.847. The standard InChI is InChI=1S/C13H11ClN2OS/c14-11-7-8(15)6-10(13(16)17)12(11)18-9-4-2-1-3-5-9/h1-7H,15H2,(H2,16,17). The highest BCUT2D eigenvalue weighted by molar-refractivity contribution is 7.99. The SMILES string of the molecule is NC(=O)c1cc(N)cc(Cl)c1Sc1ccccc1. The van der Waals surface area contributed by atoms with E-state index in [1.54, 1.807) is 12.1 Å². The number of anilines is 1. The van der Waals surface area contributed by atoms with E-state index in [-0.39, 0.29) is 0 Å². The molecule has 18 heavy (non-hydrogen) atoms. The first-order chi connectivity index (χ1) is 8.58. The Labute approximate surface area is 114 Å². The summed E-state index contributed by atoms with van der Waals surface area (Å²) in [5, 5.41) is 0.428. The van der Waals surface area contributed by atoms with Gasteiger partial charge in [0.05, 0.1) is 10.6 Å². The van der Waals surface area contributed by atoms with Crippen molar-refractivity contribution in [2.45, 2.75) is 9.79 Å². The fourth-order valence-electron chi connectivity index (χ4n) is 1.51. The second kappa shape index (κ2) is 5.33. The summed E-state index contributed by atoms with van der Waals surface area (Å²) in [7, 11) is 0. The third kappa shape index (κ3) is 2.78. The van der Waals surface area contributed by atoms with Crippen molar-refractivity contribution in [2.75, 3.05) is 5.73 Å². The first kappa shape index (κ1) is 12.8. The lowest BCUT2D eigenvalue weighted by Gasteiger charge is -2.10. The highest BCUT2D eigenvalue weighted by Gasteiger charge is 2.14. The number of hydrogen-bond acceptors (Lipinski definition) is 3. The average Bonchev–Trinajstić information content (AvgIpc) is 2.33.